The molecule has 1 fully saturated rings. The molecule has 0 atom stereocenters. The maximum Gasteiger partial charge on any atom is 0.222 e. The summed E-state index contributed by atoms with van der Waals surface area (Å²) in [6, 6.07) is 0.522. The first-order valence-corrected chi connectivity index (χ1v) is 9.77. The fraction of sp³-hybridized carbons (Fsp3) is 0.941. The quantitative estimate of drug-likeness (QED) is 0.389. The molecule has 0 unspecified atom stereocenters. The first-order valence-electron chi connectivity index (χ1n) is 8.65. The van der Waals surface area contributed by atoms with Gasteiger partial charge < -0.3 is 4.90 Å². The van der Waals surface area contributed by atoms with Gasteiger partial charge in [0.25, 0.3) is 0 Å². The molecular weight excluding hydrogens is 314 g/mol. The predicted molar refractivity (Wildman–Crippen MR) is 90.4 cm³/mol. The van der Waals surface area contributed by atoms with Crippen LogP contribution in [-0.2, 0) is 4.79 Å². The van der Waals surface area contributed by atoms with Crippen molar-refractivity contribution < 1.29 is 4.79 Å². The lowest BCUT2D eigenvalue weighted by atomic mass is 9.94. The van der Waals surface area contributed by atoms with Crippen LogP contribution in [0.4, 0.5) is 0 Å². The van der Waals surface area contributed by atoms with Gasteiger partial charge in [-0.2, -0.15) is 0 Å². The topological polar surface area (TPSA) is 20.3 Å². The van der Waals surface area contributed by atoms with Gasteiger partial charge in [-0.1, -0.05) is 74.2 Å². The first kappa shape index (κ1) is 18.0. The molecule has 1 amide bonds. The highest BCUT2D eigenvalue weighted by atomic mass is 79.9. The van der Waals surface area contributed by atoms with E-state index >= 15 is 0 Å². The Kier molecular flexibility index (Phi) is 10.4. The smallest absolute Gasteiger partial charge is 0.222 e. The molecule has 3 heteroatoms. The second-order valence-corrected chi connectivity index (χ2v) is 6.88. The molecule has 1 aliphatic carbocycles. The second-order valence-electron chi connectivity index (χ2n) is 6.09. The van der Waals surface area contributed by atoms with Crippen molar-refractivity contribution in [1.82, 2.24) is 4.90 Å². The highest BCUT2D eigenvalue weighted by molar-refractivity contribution is 9.09. The van der Waals surface area contributed by atoms with E-state index < -0.39 is 0 Å². The van der Waals surface area contributed by atoms with Gasteiger partial charge in [0.1, 0.15) is 0 Å². The van der Waals surface area contributed by atoms with Gasteiger partial charge in [0, 0.05) is 24.3 Å². The monoisotopic (exact) mass is 345 g/mol. The molecule has 1 aliphatic rings. The highest BCUT2D eigenvalue weighted by Gasteiger charge is 2.24. The molecule has 0 radical (unpaired) electrons. The van der Waals surface area contributed by atoms with Crippen LogP contribution in [0.25, 0.3) is 0 Å². The summed E-state index contributed by atoms with van der Waals surface area (Å²) < 4.78 is 0. The molecule has 0 saturated heterocycles. The summed E-state index contributed by atoms with van der Waals surface area (Å²) in [6.07, 6.45) is 14.7. The summed E-state index contributed by atoms with van der Waals surface area (Å²) in [6.45, 7) is 3.13. The number of carbonyl (C=O) groups excluding carboxylic acids is 1. The minimum atomic E-state index is 0.395. The number of unbranched alkanes of at least 4 members (excludes halogenated alkanes) is 5. The van der Waals surface area contributed by atoms with E-state index in [1.807, 2.05) is 0 Å². The number of hydrogen-bond donors (Lipinski definition) is 0. The van der Waals surface area contributed by atoms with E-state index in [1.54, 1.807) is 0 Å². The zero-order chi connectivity index (χ0) is 14.6. The predicted octanol–water partition coefficient (Wildman–Crippen LogP) is 5.29. The zero-order valence-corrected chi connectivity index (χ0v) is 14.8. The van der Waals surface area contributed by atoms with E-state index in [4.69, 9.17) is 0 Å². The van der Waals surface area contributed by atoms with Crippen molar-refractivity contribution in [2.75, 3.05) is 11.9 Å². The Hall–Kier alpha value is -0.0500. The zero-order valence-electron chi connectivity index (χ0n) is 13.2. The van der Waals surface area contributed by atoms with Crippen LogP contribution < -0.4 is 0 Å². The van der Waals surface area contributed by atoms with Crippen LogP contribution in [0.5, 0.6) is 0 Å². The van der Waals surface area contributed by atoms with Crippen LogP contribution in [-0.4, -0.2) is 28.7 Å². The Morgan fingerprint density at radius 1 is 1.05 bits per heavy atom. The lowest BCUT2D eigenvalue weighted by molar-refractivity contribution is -0.134. The number of amides is 1. The standard InChI is InChI=1S/C17H32BrNO/c1-2-3-4-5-6-10-13-17(20)19(15-14-18)16-11-8-7-9-12-16/h16H,2-15H2,1H3. The molecule has 20 heavy (non-hydrogen) atoms. The Labute approximate surface area is 133 Å². The first-order chi connectivity index (χ1) is 9.79. The van der Waals surface area contributed by atoms with Crippen LogP contribution >= 0.6 is 15.9 Å². The van der Waals surface area contributed by atoms with Crippen molar-refractivity contribution in [2.45, 2.75) is 90.0 Å². The molecule has 2 nitrogen and oxygen atoms in total. The van der Waals surface area contributed by atoms with Crippen molar-refractivity contribution >= 4 is 21.8 Å². The summed E-state index contributed by atoms with van der Waals surface area (Å²) in [5.41, 5.74) is 0. The van der Waals surface area contributed by atoms with E-state index in [2.05, 4.69) is 27.8 Å². The van der Waals surface area contributed by atoms with Crippen molar-refractivity contribution in [3.8, 4) is 0 Å². The van der Waals surface area contributed by atoms with Crippen LogP contribution in [0.2, 0.25) is 0 Å². The van der Waals surface area contributed by atoms with E-state index in [9.17, 15) is 4.79 Å². The van der Waals surface area contributed by atoms with Crippen molar-refractivity contribution in [3.63, 3.8) is 0 Å². The van der Waals surface area contributed by atoms with Crippen LogP contribution in [0, 0.1) is 0 Å². The SMILES string of the molecule is CCCCCCCCC(=O)N(CCBr)C1CCCCC1. The fourth-order valence-electron chi connectivity index (χ4n) is 3.19. The number of nitrogens with zero attached hydrogens (tertiary/aromatic N) is 1. The fourth-order valence-corrected chi connectivity index (χ4v) is 3.58. The summed E-state index contributed by atoms with van der Waals surface area (Å²) in [5.74, 6) is 0.395. The Balaban J connectivity index is 2.24. The highest BCUT2D eigenvalue weighted by Crippen LogP contribution is 2.23. The van der Waals surface area contributed by atoms with Crippen LogP contribution in [0.15, 0.2) is 0 Å². The summed E-state index contributed by atoms with van der Waals surface area (Å²) in [5, 5.41) is 0.908. The van der Waals surface area contributed by atoms with Gasteiger partial charge in [0.2, 0.25) is 5.91 Å². The average molecular weight is 346 g/mol. The number of carbonyl (C=O) groups is 1. The van der Waals surface area contributed by atoms with Crippen molar-refractivity contribution in [2.24, 2.45) is 0 Å². The molecule has 1 rings (SSSR count). The molecule has 0 spiro atoms. The van der Waals surface area contributed by atoms with Crippen LogP contribution in [0.3, 0.4) is 0 Å². The molecule has 0 aromatic carbocycles. The molecule has 0 aromatic heterocycles. The lowest BCUT2D eigenvalue weighted by Crippen LogP contribution is -2.42. The molecule has 118 valence electrons. The Bertz CT molecular complexity index is 251. The third-order valence-electron chi connectivity index (χ3n) is 4.41. The van der Waals surface area contributed by atoms with Gasteiger partial charge in [-0.25, -0.2) is 0 Å². The maximum absolute atomic E-state index is 12.4. The maximum atomic E-state index is 12.4. The molecular formula is C17H32BrNO. The van der Waals surface area contributed by atoms with Gasteiger partial charge in [-0.15, -0.1) is 0 Å². The van der Waals surface area contributed by atoms with Gasteiger partial charge in [-0.05, 0) is 19.3 Å². The average Bonchev–Trinajstić information content (AvgIpc) is 2.49. The minimum Gasteiger partial charge on any atom is -0.339 e. The van der Waals surface area contributed by atoms with Crippen molar-refractivity contribution in [3.05, 3.63) is 0 Å². The molecule has 0 N–H and O–H groups in total. The Morgan fingerprint density at radius 2 is 1.70 bits per heavy atom. The molecule has 0 aliphatic heterocycles. The normalized spacial score (nSPS) is 16.3. The van der Waals surface area contributed by atoms with E-state index in [-0.39, 0.29) is 0 Å². The van der Waals surface area contributed by atoms with E-state index in [0.29, 0.717) is 11.9 Å². The minimum absolute atomic E-state index is 0.395. The number of rotatable bonds is 10. The number of hydrogen-bond acceptors (Lipinski definition) is 1. The molecule has 0 heterocycles. The van der Waals surface area contributed by atoms with E-state index in [1.165, 1.54) is 64.2 Å². The largest absolute Gasteiger partial charge is 0.339 e. The summed E-state index contributed by atoms with van der Waals surface area (Å²) in [7, 11) is 0. The van der Waals surface area contributed by atoms with Crippen LogP contribution in [0.1, 0.15) is 84.0 Å². The lowest BCUT2D eigenvalue weighted by Gasteiger charge is -2.34. The van der Waals surface area contributed by atoms with Gasteiger partial charge in [-0.3, -0.25) is 4.79 Å². The van der Waals surface area contributed by atoms with E-state index in [0.717, 1.165) is 24.7 Å². The van der Waals surface area contributed by atoms with Gasteiger partial charge in [0.05, 0.1) is 0 Å². The molecule has 0 bridgehead atoms. The van der Waals surface area contributed by atoms with Crippen molar-refractivity contribution in [1.29, 1.82) is 0 Å². The third-order valence-corrected chi connectivity index (χ3v) is 4.76. The van der Waals surface area contributed by atoms with Gasteiger partial charge in [0.15, 0.2) is 0 Å². The third kappa shape index (κ3) is 7.10. The summed E-state index contributed by atoms with van der Waals surface area (Å²) >= 11 is 3.50. The number of halogens is 1. The Morgan fingerprint density at radius 3 is 2.35 bits per heavy atom. The second kappa shape index (κ2) is 11.6. The number of alkyl halides is 1. The van der Waals surface area contributed by atoms with Gasteiger partial charge >= 0.3 is 0 Å². The summed E-state index contributed by atoms with van der Waals surface area (Å²) in [4.78, 5) is 14.6. The molecule has 0 aromatic rings. The molecule has 1 saturated carbocycles.